The monoisotopic (exact) mass is 337 g/mol. The molecule has 130 valence electrons. The van der Waals surface area contributed by atoms with Gasteiger partial charge in [-0.2, -0.15) is 0 Å². The summed E-state index contributed by atoms with van der Waals surface area (Å²) in [5.74, 6) is 1.64. The van der Waals surface area contributed by atoms with Crippen LogP contribution in [0.4, 0.5) is 0 Å². The van der Waals surface area contributed by atoms with Crippen LogP contribution in [0.2, 0.25) is 0 Å². The quantitative estimate of drug-likeness (QED) is 0.678. The molecule has 4 heteroatoms. The predicted molar refractivity (Wildman–Crippen MR) is 97.5 cm³/mol. The summed E-state index contributed by atoms with van der Waals surface area (Å²) >= 11 is 0. The summed E-state index contributed by atoms with van der Waals surface area (Å²) in [6.07, 6.45) is 1.68. The number of para-hydroxylation sites is 1. The van der Waals surface area contributed by atoms with E-state index in [1.165, 1.54) is 0 Å². The molecular formula is C21H23NO3. The summed E-state index contributed by atoms with van der Waals surface area (Å²) in [4.78, 5) is 0. The lowest BCUT2D eigenvalue weighted by Crippen LogP contribution is -2.25. The minimum Gasteiger partial charge on any atom is -0.496 e. The molecule has 0 radical (unpaired) electrons. The summed E-state index contributed by atoms with van der Waals surface area (Å²) in [6.45, 7) is 2.14. The molecule has 0 saturated heterocycles. The number of aliphatic hydroxyl groups is 1. The van der Waals surface area contributed by atoms with E-state index in [1.807, 2.05) is 54.6 Å². The van der Waals surface area contributed by atoms with Crippen LogP contribution < -0.4 is 10.1 Å². The van der Waals surface area contributed by atoms with E-state index in [2.05, 4.69) is 18.3 Å². The molecule has 0 spiro atoms. The van der Waals surface area contributed by atoms with Gasteiger partial charge in [-0.1, -0.05) is 42.5 Å². The second-order valence-corrected chi connectivity index (χ2v) is 5.98. The Bertz CT molecular complexity index is 798. The van der Waals surface area contributed by atoms with E-state index in [0.29, 0.717) is 0 Å². The molecule has 0 aliphatic rings. The van der Waals surface area contributed by atoms with Gasteiger partial charge in [-0.15, -0.1) is 0 Å². The Morgan fingerprint density at radius 3 is 2.64 bits per heavy atom. The molecule has 25 heavy (non-hydrogen) atoms. The number of hydrogen-bond donors (Lipinski definition) is 2. The van der Waals surface area contributed by atoms with E-state index in [4.69, 9.17) is 9.15 Å². The van der Waals surface area contributed by atoms with Crippen LogP contribution in [0.1, 0.15) is 41.5 Å². The minimum atomic E-state index is -0.140. The first-order valence-corrected chi connectivity index (χ1v) is 8.35. The predicted octanol–water partition coefficient (Wildman–Crippen LogP) is 4.22. The largest absolute Gasteiger partial charge is 0.496 e. The molecule has 2 aromatic carbocycles. The SMILES string of the molecule is COc1ccccc1C(NC(C)c1cccc(CO)c1)c1ccco1. The van der Waals surface area contributed by atoms with Crippen LogP contribution in [0.25, 0.3) is 0 Å². The fourth-order valence-corrected chi connectivity index (χ4v) is 2.99. The molecule has 2 atom stereocenters. The van der Waals surface area contributed by atoms with E-state index < -0.39 is 0 Å². The highest BCUT2D eigenvalue weighted by Crippen LogP contribution is 2.32. The molecular weight excluding hydrogens is 314 g/mol. The Kier molecular flexibility index (Phi) is 5.53. The Balaban J connectivity index is 1.93. The first-order chi connectivity index (χ1) is 12.2. The second-order valence-electron chi connectivity index (χ2n) is 5.98. The van der Waals surface area contributed by atoms with E-state index in [-0.39, 0.29) is 18.7 Å². The van der Waals surface area contributed by atoms with Gasteiger partial charge < -0.3 is 14.3 Å². The lowest BCUT2D eigenvalue weighted by atomic mass is 9.99. The summed E-state index contributed by atoms with van der Waals surface area (Å²) in [6, 6.07) is 19.6. The van der Waals surface area contributed by atoms with Crippen molar-refractivity contribution in [2.75, 3.05) is 7.11 Å². The molecule has 1 heterocycles. The van der Waals surface area contributed by atoms with Gasteiger partial charge in [0.15, 0.2) is 0 Å². The lowest BCUT2D eigenvalue weighted by molar-refractivity contribution is 0.281. The van der Waals surface area contributed by atoms with E-state index in [0.717, 1.165) is 28.2 Å². The molecule has 3 aromatic rings. The first kappa shape index (κ1) is 17.3. The molecule has 4 nitrogen and oxygen atoms in total. The van der Waals surface area contributed by atoms with Gasteiger partial charge in [0.25, 0.3) is 0 Å². The third kappa shape index (κ3) is 3.92. The fraction of sp³-hybridized carbons (Fsp3) is 0.238. The molecule has 2 unspecified atom stereocenters. The number of hydrogen-bond acceptors (Lipinski definition) is 4. The summed E-state index contributed by atoms with van der Waals surface area (Å²) < 4.78 is 11.2. The highest BCUT2D eigenvalue weighted by Gasteiger charge is 2.22. The van der Waals surface area contributed by atoms with Crippen molar-refractivity contribution < 1.29 is 14.3 Å². The van der Waals surface area contributed by atoms with Crippen molar-refractivity contribution in [1.29, 1.82) is 0 Å². The summed E-state index contributed by atoms with van der Waals surface area (Å²) in [7, 11) is 1.67. The molecule has 3 rings (SSSR count). The van der Waals surface area contributed by atoms with Gasteiger partial charge in [0.1, 0.15) is 11.5 Å². The van der Waals surface area contributed by atoms with E-state index in [9.17, 15) is 5.11 Å². The van der Waals surface area contributed by atoms with Gasteiger partial charge in [-0.3, -0.25) is 5.32 Å². The topological polar surface area (TPSA) is 54.6 Å². The number of benzene rings is 2. The standard InChI is InChI=1S/C21H23NO3/c1-15(17-8-5-7-16(13-17)14-23)22-21(20-11-6-12-25-20)18-9-3-4-10-19(18)24-2/h3-13,15,21-23H,14H2,1-2H3. The van der Waals surface area contributed by atoms with Gasteiger partial charge in [-0.05, 0) is 36.2 Å². The smallest absolute Gasteiger partial charge is 0.125 e. The molecule has 1 aromatic heterocycles. The number of furan rings is 1. The molecule has 0 bridgehead atoms. The van der Waals surface area contributed by atoms with E-state index in [1.54, 1.807) is 13.4 Å². The van der Waals surface area contributed by atoms with Crippen molar-refractivity contribution in [3.63, 3.8) is 0 Å². The van der Waals surface area contributed by atoms with Crippen LogP contribution >= 0.6 is 0 Å². The fourth-order valence-electron chi connectivity index (χ4n) is 2.99. The highest BCUT2D eigenvalue weighted by molar-refractivity contribution is 5.40. The Labute approximate surface area is 148 Å². The Morgan fingerprint density at radius 1 is 1.08 bits per heavy atom. The van der Waals surface area contributed by atoms with Crippen molar-refractivity contribution >= 4 is 0 Å². The molecule has 0 saturated carbocycles. The second kappa shape index (κ2) is 8.01. The van der Waals surface area contributed by atoms with Gasteiger partial charge in [0, 0.05) is 11.6 Å². The molecule has 2 N–H and O–H groups in total. The number of methoxy groups -OCH3 is 1. The van der Waals surface area contributed by atoms with Crippen molar-refractivity contribution in [3.05, 3.63) is 89.4 Å². The number of rotatable bonds is 7. The van der Waals surface area contributed by atoms with Crippen molar-refractivity contribution in [2.24, 2.45) is 0 Å². The highest BCUT2D eigenvalue weighted by atomic mass is 16.5. The van der Waals surface area contributed by atoms with Crippen LogP contribution in [-0.2, 0) is 6.61 Å². The van der Waals surface area contributed by atoms with Crippen LogP contribution in [0.15, 0.2) is 71.3 Å². The minimum absolute atomic E-state index is 0.0364. The lowest BCUT2D eigenvalue weighted by Gasteiger charge is -2.24. The number of ether oxygens (including phenoxy) is 1. The van der Waals surface area contributed by atoms with Crippen molar-refractivity contribution in [1.82, 2.24) is 5.32 Å². The zero-order valence-corrected chi connectivity index (χ0v) is 14.5. The van der Waals surface area contributed by atoms with Crippen LogP contribution in [0, 0.1) is 0 Å². The molecule has 0 fully saturated rings. The molecule has 0 aliphatic heterocycles. The van der Waals surface area contributed by atoms with Crippen molar-refractivity contribution in [2.45, 2.75) is 25.6 Å². The third-order valence-electron chi connectivity index (χ3n) is 4.33. The summed E-state index contributed by atoms with van der Waals surface area (Å²) in [5, 5.41) is 13.0. The maximum absolute atomic E-state index is 9.37. The first-order valence-electron chi connectivity index (χ1n) is 8.35. The van der Waals surface area contributed by atoms with Crippen LogP contribution in [0.3, 0.4) is 0 Å². The zero-order valence-electron chi connectivity index (χ0n) is 14.5. The van der Waals surface area contributed by atoms with Crippen LogP contribution in [0.5, 0.6) is 5.75 Å². The Morgan fingerprint density at radius 2 is 1.92 bits per heavy atom. The maximum Gasteiger partial charge on any atom is 0.125 e. The Hall–Kier alpha value is -2.56. The van der Waals surface area contributed by atoms with E-state index >= 15 is 0 Å². The normalized spacial score (nSPS) is 13.4. The van der Waals surface area contributed by atoms with Crippen molar-refractivity contribution in [3.8, 4) is 5.75 Å². The van der Waals surface area contributed by atoms with Crippen LogP contribution in [-0.4, -0.2) is 12.2 Å². The maximum atomic E-state index is 9.37. The average Bonchev–Trinajstić information content (AvgIpc) is 3.20. The van der Waals surface area contributed by atoms with Gasteiger partial charge >= 0.3 is 0 Å². The molecule has 0 amide bonds. The summed E-state index contributed by atoms with van der Waals surface area (Å²) in [5.41, 5.74) is 3.03. The van der Waals surface area contributed by atoms with Gasteiger partial charge in [0.2, 0.25) is 0 Å². The zero-order chi connectivity index (χ0) is 17.6. The molecule has 0 aliphatic carbocycles. The van der Waals surface area contributed by atoms with Gasteiger partial charge in [-0.25, -0.2) is 0 Å². The number of aliphatic hydroxyl groups excluding tert-OH is 1. The van der Waals surface area contributed by atoms with Gasteiger partial charge in [0.05, 0.1) is 26.0 Å². The third-order valence-corrected chi connectivity index (χ3v) is 4.33. The average molecular weight is 337 g/mol. The number of nitrogens with one attached hydrogen (secondary N) is 1.